The smallest absolute Gasteiger partial charge is 0.325 e. The van der Waals surface area contributed by atoms with Crippen molar-refractivity contribution >= 4 is 28.6 Å². The Hall–Kier alpha value is -2.94. The number of carboxylic acids is 1. The predicted octanol–water partition coefficient (Wildman–Crippen LogP) is 2.11. The zero-order valence-corrected chi connectivity index (χ0v) is 15.4. The molecule has 144 valence electrons. The highest BCUT2D eigenvalue weighted by Crippen LogP contribution is 2.22. The second-order valence-corrected chi connectivity index (χ2v) is 6.90. The van der Waals surface area contributed by atoms with Gasteiger partial charge in [-0.1, -0.05) is 13.8 Å². The van der Waals surface area contributed by atoms with Gasteiger partial charge in [-0.25, -0.2) is 4.98 Å². The lowest BCUT2D eigenvalue weighted by atomic mass is 9.93. The molecule has 0 aromatic carbocycles. The molecule has 0 spiro atoms. The molecule has 0 bridgehead atoms. The number of hydrogen-bond acceptors (Lipinski definition) is 6. The van der Waals surface area contributed by atoms with Crippen molar-refractivity contribution in [3.8, 4) is 0 Å². The molecule has 0 aliphatic rings. The molecule has 0 aliphatic heterocycles. The number of aliphatic carboxylic acids is 1. The largest absolute Gasteiger partial charge is 0.480 e. The van der Waals surface area contributed by atoms with Crippen LogP contribution in [-0.2, 0) is 17.9 Å². The summed E-state index contributed by atoms with van der Waals surface area (Å²) >= 11 is 0. The number of aliphatic hydroxyl groups is 1. The number of hydrogen-bond donors (Lipinski definition) is 3. The number of carbonyl (C=O) groups is 1. The van der Waals surface area contributed by atoms with E-state index in [4.69, 9.17) is 5.11 Å². The Morgan fingerprint density at radius 1 is 1.33 bits per heavy atom. The molecule has 0 radical (unpaired) electrons. The Kier molecular flexibility index (Phi) is 5.70. The van der Waals surface area contributed by atoms with Crippen molar-refractivity contribution in [1.29, 1.82) is 0 Å². The predicted molar refractivity (Wildman–Crippen MR) is 101 cm³/mol. The van der Waals surface area contributed by atoms with Gasteiger partial charge in [0.05, 0.1) is 11.9 Å². The highest BCUT2D eigenvalue weighted by Gasteiger charge is 2.15. The highest BCUT2D eigenvalue weighted by molar-refractivity contribution is 5.76. The van der Waals surface area contributed by atoms with E-state index < -0.39 is 5.97 Å². The summed E-state index contributed by atoms with van der Waals surface area (Å²) in [7, 11) is 0. The molecule has 0 amide bonds. The van der Waals surface area contributed by atoms with Crippen LogP contribution in [0.1, 0.15) is 20.3 Å². The lowest BCUT2D eigenvalue weighted by molar-refractivity contribution is -0.137. The van der Waals surface area contributed by atoms with Crippen LogP contribution in [0.15, 0.2) is 30.9 Å². The van der Waals surface area contributed by atoms with E-state index in [0.29, 0.717) is 23.5 Å². The number of nitrogens with zero attached hydrogens (tertiary/aromatic N) is 5. The molecule has 0 saturated heterocycles. The number of rotatable bonds is 9. The van der Waals surface area contributed by atoms with E-state index in [9.17, 15) is 9.90 Å². The van der Waals surface area contributed by atoms with Crippen LogP contribution in [0.5, 0.6) is 0 Å². The molecule has 27 heavy (non-hydrogen) atoms. The molecular formula is C18H24N6O3. The van der Waals surface area contributed by atoms with Crippen LogP contribution in [-0.4, -0.2) is 47.1 Å². The number of carboxylic acid groups (broad SMARTS) is 1. The number of aromatic nitrogens is 5. The number of fused-ring (bicyclic) bond motifs is 1. The molecule has 3 aromatic heterocycles. The van der Waals surface area contributed by atoms with Crippen LogP contribution >= 0.6 is 0 Å². The molecule has 3 aromatic rings. The summed E-state index contributed by atoms with van der Waals surface area (Å²) in [6, 6.07) is 1.97. The molecular weight excluding hydrogens is 348 g/mol. The van der Waals surface area contributed by atoms with Gasteiger partial charge >= 0.3 is 5.97 Å². The van der Waals surface area contributed by atoms with Gasteiger partial charge in [-0.05, 0) is 24.3 Å². The van der Waals surface area contributed by atoms with Gasteiger partial charge in [0.2, 0.25) is 5.95 Å². The summed E-state index contributed by atoms with van der Waals surface area (Å²) in [5.74, 6) is 0.267. The van der Waals surface area contributed by atoms with Gasteiger partial charge in [0.25, 0.3) is 0 Å². The van der Waals surface area contributed by atoms with E-state index in [1.807, 2.05) is 12.3 Å². The summed E-state index contributed by atoms with van der Waals surface area (Å²) in [4.78, 5) is 19.7. The average molecular weight is 372 g/mol. The SMILES string of the molecule is CC(C)C(CCO)Cn1ccc2cnc(Nc3cnn(CC(=O)O)c3)nc21. The van der Waals surface area contributed by atoms with Gasteiger partial charge in [-0.3, -0.25) is 9.48 Å². The quantitative estimate of drug-likeness (QED) is 0.526. The van der Waals surface area contributed by atoms with Crippen LogP contribution in [0.25, 0.3) is 11.0 Å². The van der Waals surface area contributed by atoms with E-state index in [0.717, 1.165) is 24.0 Å². The minimum Gasteiger partial charge on any atom is -0.480 e. The first-order valence-corrected chi connectivity index (χ1v) is 8.90. The number of nitrogens with one attached hydrogen (secondary N) is 1. The van der Waals surface area contributed by atoms with Crippen molar-refractivity contribution in [3.05, 3.63) is 30.9 Å². The molecule has 0 aliphatic carbocycles. The Labute approximate surface area is 156 Å². The van der Waals surface area contributed by atoms with E-state index in [1.54, 1.807) is 12.4 Å². The molecule has 0 fully saturated rings. The molecule has 1 atom stereocenters. The van der Waals surface area contributed by atoms with Gasteiger partial charge in [0.1, 0.15) is 12.2 Å². The average Bonchev–Trinajstić information content (AvgIpc) is 3.21. The van der Waals surface area contributed by atoms with Crippen molar-refractivity contribution in [2.24, 2.45) is 11.8 Å². The second-order valence-electron chi connectivity index (χ2n) is 6.90. The maximum absolute atomic E-state index is 10.7. The molecule has 9 heteroatoms. The zero-order valence-electron chi connectivity index (χ0n) is 15.4. The minimum atomic E-state index is -0.956. The lowest BCUT2D eigenvalue weighted by Crippen LogP contribution is -2.17. The normalized spacial score (nSPS) is 12.6. The fourth-order valence-corrected chi connectivity index (χ4v) is 3.01. The van der Waals surface area contributed by atoms with Gasteiger partial charge in [-0.15, -0.1) is 0 Å². The summed E-state index contributed by atoms with van der Waals surface area (Å²) in [5, 5.41) is 26.1. The summed E-state index contributed by atoms with van der Waals surface area (Å²) < 4.78 is 3.41. The summed E-state index contributed by atoms with van der Waals surface area (Å²) in [5.41, 5.74) is 1.43. The van der Waals surface area contributed by atoms with Gasteiger partial charge in [0.15, 0.2) is 0 Å². The topological polar surface area (TPSA) is 118 Å². The highest BCUT2D eigenvalue weighted by atomic mass is 16.4. The third-order valence-electron chi connectivity index (χ3n) is 4.56. The van der Waals surface area contributed by atoms with Crippen LogP contribution in [0.2, 0.25) is 0 Å². The molecule has 1 unspecified atom stereocenters. The van der Waals surface area contributed by atoms with Crippen molar-refractivity contribution in [2.45, 2.75) is 33.4 Å². The fraction of sp³-hybridized carbons (Fsp3) is 0.444. The third kappa shape index (κ3) is 4.62. The molecule has 3 rings (SSSR count). The van der Waals surface area contributed by atoms with E-state index in [1.165, 1.54) is 10.9 Å². The number of anilines is 2. The van der Waals surface area contributed by atoms with Crippen molar-refractivity contribution in [2.75, 3.05) is 11.9 Å². The van der Waals surface area contributed by atoms with E-state index in [2.05, 4.69) is 38.8 Å². The van der Waals surface area contributed by atoms with Gasteiger partial charge in [0, 0.05) is 37.1 Å². The Bertz CT molecular complexity index is 917. The van der Waals surface area contributed by atoms with Gasteiger partial charge in [-0.2, -0.15) is 10.1 Å². The van der Waals surface area contributed by atoms with E-state index in [-0.39, 0.29) is 13.2 Å². The Balaban J connectivity index is 1.80. The Morgan fingerprint density at radius 2 is 2.15 bits per heavy atom. The molecule has 3 N–H and O–H groups in total. The monoisotopic (exact) mass is 372 g/mol. The first-order valence-electron chi connectivity index (χ1n) is 8.90. The molecule has 9 nitrogen and oxygen atoms in total. The van der Waals surface area contributed by atoms with Crippen LogP contribution in [0, 0.1) is 11.8 Å². The van der Waals surface area contributed by atoms with Crippen molar-refractivity contribution in [1.82, 2.24) is 24.3 Å². The zero-order chi connectivity index (χ0) is 19.4. The van der Waals surface area contributed by atoms with Crippen LogP contribution in [0.3, 0.4) is 0 Å². The van der Waals surface area contributed by atoms with Crippen LogP contribution in [0.4, 0.5) is 11.6 Å². The standard InChI is InChI=1S/C18H24N6O3/c1-12(2)14(4-6-25)9-23-5-3-13-7-19-18(22-17(13)23)21-15-8-20-24(10-15)11-16(26)27/h3,5,7-8,10,12,14,25H,4,6,9,11H2,1-2H3,(H,26,27)(H,19,21,22). The van der Waals surface area contributed by atoms with Crippen LogP contribution < -0.4 is 5.32 Å². The molecule has 0 saturated carbocycles. The summed E-state index contributed by atoms with van der Waals surface area (Å²) in [6.45, 7) is 5.05. The Morgan fingerprint density at radius 3 is 2.85 bits per heavy atom. The maximum atomic E-state index is 10.7. The first kappa shape index (κ1) is 18.8. The van der Waals surface area contributed by atoms with Gasteiger partial charge < -0.3 is 20.1 Å². The van der Waals surface area contributed by atoms with E-state index >= 15 is 0 Å². The second kappa shape index (κ2) is 8.17. The number of aliphatic hydroxyl groups excluding tert-OH is 1. The third-order valence-corrected chi connectivity index (χ3v) is 4.56. The molecule has 3 heterocycles. The van der Waals surface area contributed by atoms with Crippen molar-refractivity contribution < 1.29 is 15.0 Å². The minimum absolute atomic E-state index is 0.171. The van der Waals surface area contributed by atoms with Crippen molar-refractivity contribution in [3.63, 3.8) is 0 Å². The fourth-order valence-electron chi connectivity index (χ4n) is 3.01. The maximum Gasteiger partial charge on any atom is 0.325 e. The first-order chi connectivity index (χ1) is 13.0. The summed E-state index contributed by atoms with van der Waals surface area (Å²) in [6.07, 6.45) is 7.61. The lowest BCUT2D eigenvalue weighted by Gasteiger charge is -2.20.